The Morgan fingerprint density at radius 3 is 2.53 bits per heavy atom. The van der Waals surface area contributed by atoms with Gasteiger partial charge in [-0.25, -0.2) is 0 Å². The number of rotatable bonds is 1. The van der Waals surface area contributed by atoms with Gasteiger partial charge in [-0.3, -0.25) is 0 Å². The molecule has 2 N–H and O–H groups in total. The van der Waals surface area contributed by atoms with Crippen LogP contribution in [0.1, 0.15) is 59.3 Å². The molecule has 2 heteroatoms. The summed E-state index contributed by atoms with van der Waals surface area (Å²) in [5.41, 5.74) is -0.391. The van der Waals surface area contributed by atoms with Crippen molar-refractivity contribution in [2.75, 3.05) is 0 Å². The first kappa shape index (κ1) is 13.1. The molecule has 17 heavy (non-hydrogen) atoms. The third kappa shape index (κ3) is 2.06. The minimum Gasteiger partial charge on any atom is -0.387 e. The molecule has 0 aromatic rings. The van der Waals surface area contributed by atoms with Gasteiger partial charge in [-0.1, -0.05) is 19.1 Å². The molecule has 0 aliphatic heterocycles. The number of hydrogen-bond acceptors (Lipinski definition) is 2. The molecule has 0 aromatic heterocycles. The summed E-state index contributed by atoms with van der Waals surface area (Å²) in [5, 5.41) is 20.9. The molecule has 0 radical (unpaired) electrons. The van der Waals surface area contributed by atoms with Crippen molar-refractivity contribution in [1.82, 2.24) is 0 Å². The van der Waals surface area contributed by atoms with Crippen LogP contribution in [0.15, 0.2) is 12.2 Å². The van der Waals surface area contributed by atoms with Gasteiger partial charge in [-0.05, 0) is 63.7 Å². The molecule has 2 fully saturated rings. The predicted octanol–water partition coefficient (Wildman–Crippen LogP) is 3.03. The van der Waals surface area contributed by atoms with Crippen molar-refractivity contribution in [2.45, 2.75) is 70.5 Å². The molecule has 0 amide bonds. The van der Waals surface area contributed by atoms with E-state index in [0.29, 0.717) is 24.2 Å². The highest BCUT2D eigenvalue weighted by atomic mass is 16.4. The van der Waals surface area contributed by atoms with E-state index in [-0.39, 0.29) is 0 Å². The van der Waals surface area contributed by atoms with Crippen molar-refractivity contribution >= 4 is 0 Å². The third-order valence-electron chi connectivity index (χ3n) is 5.37. The Labute approximate surface area is 105 Å². The monoisotopic (exact) mass is 238 g/mol. The quantitative estimate of drug-likeness (QED) is 0.689. The molecule has 2 saturated carbocycles. The minimum absolute atomic E-state index is 0.298. The predicted molar refractivity (Wildman–Crippen MR) is 69.7 cm³/mol. The highest BCUT2D eigenvalue weighted by Gasteiger charge is 2.53. The number of aliphatic hydroxyl groups is 2. The normalized spacial score (nSPS) is 43.4. The van der Waals surface area contributed by atoms with Crippen molar-refractivity contribution in [3.05, 3.63) is 12.2 Å². The molecule has 98 valence electrons. The molecule has 3 atom stereocenters. The fourth-order valence-corrected chi connectivity index (χ4v) is 3.74. The van der Waals surface area contributed by atoms with Crippen LogP contribution in [0, 0.1) is 11.3 Å². The van der Waals surface area contributed by atoms with Gasteiger partial charge in [0.1, 0.15) is 0 Å². The van der Waals surface area contributed by atoms with E-state index in [1.807, 2.05) is 0 Å². The second kappa shape index (κ2) is 3.83. The van der Waals surface area contributed by atoms with Gasteiger partial charge in [0.2, 0.25) is 0 Å². The minimum atomic E-state index is -1.02. The lowest BCUT2D eigenvalue weighted by atomic mass is 9.54. The summed E-state index contributed by atoms with van der Waals surface area (Å²) in [6, 6.07) is 0. The Balaban J connectivity index is 2.25. The average Bonchev–Trinajstić information content (AvgIpc) is 2.19. The lowest BCUT2D eigenvalue weighted by molar-refractivity contribution is -0.174. The van der Waals surface area contributed by atoms with Gasteiger partial charge in [0.25, 0.3) is 0 Å². The van der Waals surface area contributed by atoms with Crippen molar-refractivity contribution in [1.29, 1.82) is 0 Å². The van der Waals surface area contributed by atoms with E-state index in [0.717, 1.165) is 12.8 Å². The summed E-state index contributed by atoms with van der Waals surface area (Å²) in [4.78, 5) is 0. The lowest BCUT2D eigenvalue weighted by Gasteiger charge is -2.54. The average molecular weight is 238 g/mol. The van der Waals surface area contributed by atoms with Gasteiger partial charge in [-0.2, -0.15) is 0 Å². The van der Waals surface area contributed by atoms with Crippen LogP contribution in [-0.4, -0.2) is 21.4 Å². The second-order valence-electron chi connectivity index (χ2n) is 7.01. The summed E-state index contributed by atoms with van der Waals surface area (Å²) in [5.74, 6) is 0.376. The van der Waals surface area contributed by atoms with E-state index >= 15 is 0 Å². The highest BCUT2D eigenvalue weighted by Crippen LogP contribution is 2.56. The summed E-state index contributed by atoms with van der Waals surface area (Å²) in [6.45, 7) is 9.97. The molecule has 2 rings (SSSR count). The maximum absolute atomic E-state index is 10.7. The summed E-state index contributed by atoms with van der Waals surface area (Å²) in [7, 11) is 0. The van der Waals surface area contributed by atoms with Crippen LogP contribution in [0.25, 0.3) is 0 Å². The molecule has 2 aliphatic rings. The van der Waals surface area contributed by atoms with Crippen LogP contribution >= 0.6 is 0 Å². The Morgan fingerprint density at radius 2 is 1.94 bits per heavy atom. The summed E-state index contributed by atoms with van der Waals surface area (Å²) >= 11 is 0. The fourth-order valence-electron chi connectivity index (χ4n) is 3.74. The maximum Gasteiger partial charge on any atom is 0.0934 e. The van der Waals surface area contributed by atoms with Crippen LogP contribution in [0.4, 0.5) is 0 Å². The topological polar surface area (TPSA) is 40.5 Å². The first-order chi connectivity index (χ1) is 7.68. The van der Waals surface area contributed by atoms with Crippen molar-refractivity contribution in [2.24, 2.45) is 11.3 Å². The zero-order valence-electron chi connectivity index (χ0n) is 11.4. The highest BCUT2D eigenvalue weighted by molar-refractivity contribution is 5.16. The Bertz CT molecular complexity index is 328. The van der Waals surface area contributed by atoms with Gasteiger partial charge in [-0.15, -0.1) is 0 Å². The zero-order valence-corrected chi connectivity index (χ0v) is 11.4. The molecule has 0 heterocycles. The number of hydrogen-bond donors (Lipinski definition) is 2. The number of allylic oxidation sites excluding steroid dienone is 1. The molecular formula is C15H26O2. The van der Waals surface area contributed by atoms with Gasteiger partial charge in [0, 0.05) is 0 Å². The standard InChI is InChI=1S/C15H26O2/c1-11-6-5-7-14(4)8-9-15(17,10-12(11)14)13(2,3)16/h12,16-17H,1,5-10H2,2-4H3/t12-,14+,15+/m0/s1. The molecule has 0 saturated heterocycles. The molecule has 2 nitrogen and oxygen atoms in total. The Morgan fingerprint density at radius 1 is 1.29 bits per heavy atom. The maximum atomic E-state index is 10.7. The van der Waals surface area contributed by atoms with E-state index in [1.165, 1.54) is 18.4 Å². The van der Waals surface area contributed by atoms with Gasteiger partial charge < -0.3 is 10.2 Å². The molecule has 2 aliphatic carbocycles. The molecule has 0 aromatic carbocycles. The van der Waals surface area contributed by atoms with Crippen LogP contribution in [0.5, 0.6) is 0 Å². The van der Waals surface area contributed by atoms with Crippen molar-refractivity contribution < 1.29 is 10.2 Å². The van der Waals surface area contributed by atoms with E-state index in [1.54, 1.807) is 13.8 Å². The first-order valence-electron chi connectivity index (χ1n) is 6.80. The van der Waals surface area contributed by atoms with Crippen LogP contribution in [0.3, 0.4) is 0 Å². The SMILES string of the molecule is C=C1CCC[C@]2(C)CC[C@](O)(C(C)(C)O)C[C@@H]12. The van der Waals surface area contributed by atoms with Gasteiger partial charge >= 0.3 is 0 Å². The molecule has 0 spiro atoms. The first-order valence-corrected chi connectivity index (χ1v) is 6.80. The van der Waals surface area contributed by atoms with Crippen LogP contribution in [-0.2, 0) is 0 Å². The Hall–Kier alpha value is -0.340. The third-order valence-corrected chi connectivity index (χ3v) is 5.37. The molecular weight excluding hydrogens is 212 g/mol. The van der Waals surface area contributed by atoms with Crippen LogP contribution in [0.2, 0.25) is 0 Å². The second-order valence-corrected chi connectivity index (χ2v) is 7.01. The largest absolute Gasteiger partial charge is 0.387 e. The van der Waals surface area contributed by atoms with E-state index < -0.39 is 11.2 Å². The summed E-state index contributed by atoms with van der Waals surface area (Å²) in [6.07, 6.45) is 5.92. The van der Waals surface area contributed by atoms with Gasteiger partial charge in [0.05, 0.1) is 11.2 Å². The fraction of sp³-hybridized carbons (Fsp3) is 0.867. The van der Waals surface area contributed by atoms with Crippen LogP contribution < -0.4 is 0 Å². The molecule has 0 unspecified atom stereocenters. The van der Waals surface area contributed by atoms with E-state index in [4.69, 9.17) is 0 Å². The van der Waals surface area contributed by atoms with Crippen molar-refractivity contribution in [3.8, 4) is 0 Å². The zero-order chi connectivity index (χ0) is 12.9. The van der Waals surface area contributed by atoms with E-state index in [2.05, 4.69) is 13.5 Å². The smallest absolute Gasteiger partial charge is 0.0934 e. The van der Waals surface area contributed by atoms with Crippen molar-refractivity contribution in [3.63, 3.8) is 0 Å². The molecule has 0 bridgehead atoms. The van der Waals surface area contributed by atoms with Gasteiger partial charge in [0.15, 0.2) is 0 Å². The summed E-state index contributed by atoms with van der Waals surface area (Å²) < 4.78 is 0. The Kier molecular flexibility index (Phi) is 2.95. The number of fused-ring (bicyclic) bond motifs is 1. The lowest BCUT2D eigenvalue weighted by Crippen LogP contribution is -2.56. The van der Waals surface area contributed by atoms with E-state index in [9.17, 15) is 10.2 Å².